The second kappa shape index (κ2) is 7.93. The van der Waals surface area contributed by atoms with Crippen molar-refractivity contribution in [2.45, 2.75) is 13.0 Å². The SMILES string of the molecule is C#CCSCCNC(C)CN. The van der Waals surface area contributed by atoms with Crippen LogP contribution in [0, 0.1) is 12.3 Å². The van der Waals surface area contributed by atoms with E-state index in [4.69, 9.17) is 12.2 Å². The van der Waals surface area contributed by atoms with Gasteiger partial charge in [0.1, 0.15) is 0 Å². The lowest BCUT2D eigenvalue weighted by Crippen LogP contribution is -2.34. The molecule has 0 radical (unpaired) electrons. The first-order valence-electron chi connectivity index (χ1n) is 3.76. The molecule has 0 saturated heterocycles. The predicted molar refractivity (Wildman–Crippen MR) is 52.7 cm³/mol. The standard InChI is InChI=1S/C8H16N2S/c1-3-5-11-6-4-10-8(2)7-9/h1,8,10H,4-7,9H2,2H3. The highest BCUT2D eigenvalue weighted by Crippen LogP contribution is 1.95. The molecule has 0 saturated carbocycles. The fourth-order valence-corrected chi connectivity index (χ4v) is 1.12. The van der Waals surface area contributed by atoms with Crippen LogP contribution in [0.3, 0.4) is 0 Å². The first kappa shape index (κ1) is 10.8. The van der Waals surface area contributed by atoms with E-state index in [9.17, 15) is 0 Å². The van der Waals surface area contributed by atoms with Gasteiger partial charge in [-0.15, -0.1) is 18.2 Å². The third kappa shape index (κ3) is 7.73. The molecule has 3 heteroatoms. The molecular formula is C8H16N2S. The quantitative estimate of drug-likeness (QED) is 0.447. The van der Waals surface area contributed by atoms with Gasteiger partial charge in [-0.05, 0) is 6.92 Å². The van der Waals surface area contributed by atoms with Crippen molar-refractivity contribution in [1.82, 2.24) is 5.32 Å². The molecule has 3 N–H and O–H groups in total. The van der Waals surface area contributed by atoms with Crippen molar-refractivity contribution in [3.8, 4) is 12.3 Å². The van der Waals surface area contributed by atoms with Crippen molar-refractivity contribution < 1.29 is 0 Å². The van der Waals surface area contributed by atoms with Crippen LogP contribution in [0.4, 0.5) is 0 Å². The van der Waals surface area contributed by atoms with Gasteiger partial charge in [-0.2, -0.15) is 0 Å². The second-order valence-electron chi connectivity index (χ2n) is 2.35. The zero-order valence-electron chi connectivity index (χ0n) is 6.97. The van der Waals surface area contributed by atoms with E-state index in [1.165, 1.54) is 0 Å². The molecule has 1 unspecified atom stereocenters. The summed E-state index contributed by atoms with van der Waals surface area (Å²) >= 11 is 1.77. The molecule has 0 aromatic heterocycles. The molecule has 0 aliphatic heterocycles. The summed E-state index contributed by atoms with van der Waals surface area (Å²) in [6.07, 6.45) is 5.09. The maximum atomic E-state index is 5.41. The van der Waals surface area contributed by atoms with Gasteiger partial charge in [-0.3, -0.25) is 0 Å². The van der Waals surface area contributed by atoms with Gasteiger partial charge >= 0.3 is 0 Å². The van der Waals surface area contributed by atoms with E-state index < -0.39 is 0 Å². The molecule has 0 aromatic rings. The molecule has 0 bridgehead atoms. The van der Waals surface area contributed by atoms with Gasteiger partial charge in [-0.1, -0.05) is 5.92 Å². The molecule has 0 aliphatic carbocycles. The molecule has 0 spiro atoms. The van der Waals surface area contributed by atoms with Gasteiger partial charge in [0.15, 0.2) is 0 Å². The highest BCUT2D eigenvalue weighted by atomic mass is 32.2. The van der Waals surface area contributed by atoms with Crippen molar-refractivity contribution >= 4 is 11.8 Å². The van der Waals surface area contributed by atoms with Crippen molar-refractivity contribution in [2.75, 3.05) is 24.6 Å². The molecule has 0 aliphatic rings. The second-order valence-corrected chi connectivity index (χ2v) is 3.45. The predicted octanol–water partition coefficient (Wildman–Crippen LogP) is 0.290. The molecule has 64 valence electrons. The smallest absolute Gasteiger partial charge is 0.0545 e. The number of nitrogens with one attached hydrogen (secondary N) is 1. The van der Waals surface area contributed by atoms with Gasteiger partial charge in [-0.25, -0.2) is 0 Å². The molecule has 0 aromatic carbocycles. The van der Waals surface area contributed by atoms with Crippen molar-refractivity contribution in [3.63, 3.8) is 0 Å². The fourth-order valence-electron chi connectivity index (χ4n) is 0.592. The molecular weight excluding hydrogens is 156 g/mol. The third-order valence-corrected chi connectivity index (χ3v) is 2.14. The topological polar surface area (TPSA) is 38.0 Å². The van der Waals surface area contributed by atoms with E-state index in [2.05, 4.69) is 18.2 Å². The Labute approximate surface area is 73.3 Å². The molecule has 11 heavy (non-hydrogen) atoms. The van der Waals surface area contributed by atoms with Crippen LogP contribution in [0.25, 0.3) is 0 Å². The number of nitrogens with two attached hydrogens (primary N) is 1. The highest BCUT2D eigenvalue weighted by molar-refractivity contribution is 7.99. The number of hydrogen-bond donors (Lipinski definition) is 2. The van der Waals surface area contributed by atoms with E-state index in [0.717, 1.165) is 18.1 Å². The minimum absolute atomic E-state index is 0.418. The first-order valence-corrected chi connectivity index (χ1v) is 4.91. The Morgan fingerprint density at radius 3 is 3.00 bits per heavy atom. The number of rotatable bonds is 6. The Morgan fingerprint density at radius 2 is 2.45 bits per heavy atom. The van der Waals surface area contributed by atoms with E-state index in [1.807, 2.05) is 0 Å². The maximum Gasteiger partial charge on any atom is 0.0545 e. The van der Waals surface area contributed by atoms with E-state index in [0.29, 0.717) is 12.6 Å². The summed E-state index contributed by atoms with van der Waals surface area (Å²) in [6, 6.07) is 0.418. The van der Waals surface area contributed by atoms with Crippen LogP contribution < -0.4 is 11.1 Å². The van der Waals surface area contributed by atoms with Crippen LogP contribution in [-0.4, -0.2) is 30.6 Å². The molecule has 0 fully saturated rings. The Bertz CT molecular complexity index is 120. The Morgan fingerprint density at radius 1 is 1.73 bits per heavy atom. The van der Waals surface area contributed by atoms with Crippen LogP contribution in [0.5, 0.6) is 0 Å². The third-order valence-electron chi connectivity index (χ3n) is 1.28. The zero-order valence-corrected chi connectivity index (χ0v) is 7.79. The summed E-state index contributed by atoms with van der Waals surface area (Å²) in [5.74, 6) is 4.45. The largest absolute Gasteiger partial charge is 0.329 e. The summed E-state index contributed by atoms with van der Waals surface area (Å²) < 4.78 is 0. The van der Waals surface area contributed by atoms with Crippen LogP contribution in [0.15, 0.2) is 0 Å². The Balaban J connectivity index is 2.97. The van der Waals surface area contributed by atoms with Crippen molar-refractivity contribution in [1.29, 1.82) is 0 Å². The molecule has 1 atom stereocenters. The van der Waals surface area contributed by atoms with E-state index >= 15 is 0 Å². The van der Waals surface area contributed by atoms with Gasteiger partial charge in [0.25, 0.3) is 0 Å². The summed E-state index contributed by atoms with van der Waals surface area (Å²) in [7, 11) is 0. The van der Waals surface area contributed by atoms with E-state index in [1.54, 1.807) is 11.8 Å². The average Bonchev–Trinajstić information content (AvgIpc) is 2.04. The summed E-state index contributed by atoms with van der Waals surface area (Å²) in [4.78, 5) is 0. The minimum atomic E-state index is 0.418. The number of thioether (sulfide) groups is 1. The lowest BCUT2D eigenvalue weighted by atomic mass is 10.3. The highest BCUT2D eigenvalue weighted by Gasteiger charge is 1.94. The lowest BCUT2D eigenvalue weighted by Gasteiger charge is -2.09. The van der Waals surface area contributed by atoms with Gasteiger partial charge in [0, 0.05) is 24.9 Å². The minimum Gasteiger partial charge on any atom is -0.329 e. The number of terminal acetylenes is 1. The van der Waals surface area contributed by atoms with Crippen LogP contribution >= 0.6 is 11.8 Å². The molecule has 0 amide bonds. The average molecular weight is 172 g/mol. The van der Waals surface area contributed by atoms with Crippen molar-refractivity contribution in [3.05, 3.63) is 0 Å². The summed E-state index contributed by atoms with van der Waals surface area (Å²) in [6.45, 7) is 3.76. The van der Waals surface area contributed by atoms with Gasteiger partial charge < -0.3 is 11.1 Å². The molecule has 2 nitrogen and oxygen atoms in total. The normalized spacial score (nSPS) is 12.5. The van der Waals surface area contributed by atoms with Crippen LogP contribution in [0.1, 0.15) is 6.92 Å². The molecule has 0 rings (SSSR count). The first-order chi connectivity index (χ1) is 5.31. The van der Waals surface area contributed by atoms with Crippen molar-refractivity contribution in [2.24, 2.45) is 5.73 Å². The van der Waals surface area contributed by atoms with Crippen LogP contribution in [-0.2, 0) is 0 Å². The Hall–Kier alpha value is -0.170. The van der Waals surface area contributed by atoms with Gasteiger partial charge in [0.05, 0.1) is 5.75 Å². The van der Waals surface area contributed by atoms with E-state index in [-0.39, 0.29) is 0 Å². The zero-order chi connectivity index (χ0) is 8.53. The number of hydrogen-bond acceptors (Lipinski definition) is 3. The van der Waals surface area contributed by atoms with Gasteiger partial charge in [0.2, 0.25) is 0 Å². The summed E-state index contributed by atoms with van der Waals surface area (Å²) in [5.41, 5.74) is 5.41. The fraction of sp³-hybridized carbons (Fsp3) is 0.750. The monoisotopic (exact) mass is 172 g/mol. The Kier molecular flexibility index (Phi) is 7.81. The lowest BCUT2D eigenvalue weighted by molar-refractivity contribution is 0.579. The van der Waals surface area contributed by atoms with Crippen LogP contribution in [0.2, 0.25) is 0 Å². The maximum absolute atomic E-state index is 5.41. The molecule has 0 heterocycles. The summed E-state index contributed by atoms with van der Waals surface area (Å²) in [5, 5.41) is 3.28.